The van der Waals surface area contributed by atoms with Crippen molar-refractivity contribution in [1.82, 2.24) is 15.1 Å². The lowest BCUT2D eigenvalue weighted by atomic mass is 10.3. The van der Waals surface area contributed by atoms with Crippen LogP contribution >= 0.6 is 0 Å². The second-order valence-electron chi connectivity index (χ2n) is 3.43. The molecule has 1 aliphatic rings. The van der Waals surface area contributed by atoms with E-state index in [0.29, 0.717) is 6.54 Å². The minimum Gasteiger partial charge on any atom is -0.345 e. The van der Waals surface area contributed by atoms with Gasteiger partial charge in [-0.2, -0.15) is 0 Å². The van der Waals surface area contributed by atoms with Gasteiger partial charge in [0.05, 0.1) is 6.54 Å². The molecular formula is C9H19N3O. The zero-order valence-corrected chi connectivity index (χ0v) is 8.55. The van der Waals surface area contributed by atoms with Gasteiger partial charge in [-0.1, -0.05) is 0 Å². The summed E-state index contributed by atoms with van der Waals surface area (Å²) in [5.41, 5.74) is 0. The highest BCUT2D eigenvalue weighted by molar-refractivity contribution is 5.77. The van der Waals surface area contributed by atoms with E-state index in [0.717, 1.165) is 32.7 Å². The number of hydrogen-bond acceptors (Lipinski definition) is 3. The van der Waals surface area contributed by atoms with Crippen molar-refractivity contribution in [3.63, 3.8) is 0 Å². The van der Waals surface area contributed by atoms with Crippen LogP contribution in [-0.4, -0.2) is 62.0 Å². The summed E-state index contributed by atoms with van der Waals surface area (Å²) in [6.07, 6.45) is 0. The highest BCUT2D eigenvalue weighted by atomic mass is 16.2. The zero-order valence-electron chi connectivity index (χ0n) is 8.55. The lowest BCUT2D eigenvalue weighted by Crippen LogP contribution is -2.47. The minimum absolute atomic E-state index is 0.226. The smallest absolute Gasteiger partial charge is 0.236 e. The van der Waals surface area contributed by atoms with Gasteiger partial charge in [-0.25, -0.2) is 0 Å². The van der Waals surface area contributed by atoms with Gasteiger partial charge in [-0.05, 0) is 6.92 Å². The molecule has 1 heterocycles. The Kier molecular flexibility index (Phi) is 4.18. The van der Waals surface area contributed by atoms with Crippen molar-refractivity contribution in [3.05, 3.63) is 0 Å². The van der Waals surface area contributed by atoms with Gasteiger partial charge in [0.15, 0.2) is 0 Å². The first kappa shape index (κ1) is 10.5. The van der Waals surface area contributed by atoms with Gasteiger partial charge in [0.2, 0.25) is 5.91 Å². The molecule has 1 aliphatic heterocycles. The topological polar surface area (TPSA) is 35.6 Å². The molecule has 1 saturated heterocycles. The third-order valence-corrected chi connectivity index (χ3v) is 2.47. The maximum Gasteiger partial charge on any atom is 0.236 e. The van der Waals surface area contributed by atoms with Crippen LogP contribution in [0.5, 0.6) is 0 Å². The predicted octanol–water partition coefficient (Wildman–Crippen LogP) is -0.630. The minimum atomic E-state index is 0.226. The molecule has 0 spiro atoms. The molecule has 0 unspecified atom stereocenters. The van der Waals surface area contributed by atoms with Crippen molar-refractivity contribution in [2.75, 3.05) is 46.3 Å². The molecule has 0 bridgehead atoms. The largest absolute Gasteiger partial charge is 0.345 e. The maximum absolute atomic E-state index is 11.5. The van der Waals surface area contributed by atoms with Crippen molar-refractivity contribution in [2.45, 2.75) is 6.92 Å². The molecule has 4 heteroatoms. The fourth-order valence-corrected chi connectivity index (χ4v) is 1.36. The Bertz CT molecular complexity index is 166. The van der Waals surface area contributed by atoms with Crippen molar-refractivity contribution in [1.29, 1.82) is 0 Å². The molecule has 4 nitrogen and oxygen atoms in total. The van der Waals surface area contributed by atoms with Gasteiger partial charge in [-0.3, -0.25) is 9.69 Å². The number of nitrogens with one attached hydrogen (secondary N) is 1. The summed E-state index contributed by atoms with van der Waals surface area (Å²) in [4.78, 5) is 15.5. The highest BCUT2D eigenvalue weighted by Crippen LogP contribution is 1.94. The number of likely N-dealkylation sites (N-methyl/N-ethyl adjacent to an activating group) is 1. The lowest BCUT2D eigenvalue weighted by Gasteiger charge is -2.28. The van der Waals surface area contributed by atoms with Crippen LogP contribution < -0.4 is 5.32 Å². The monoisotopic (exact) mass is 185 g/mol. The summed E-state index contributed by atoms with van der Waals surface area (Å²) in [5.74, 6) is 0.226. The van der Waals surface area contributed by atoms with Crippen molar-refractivity contribution in [3.8, 4) is 0 Å². The first-order valence-electron chi connectivity index (χ1n) is 4.91. The SMILES string of the molecule is CCN(C)C(=O)CN1CCNCC1. The van der Waals surface area contributed by atoms with Gasteiger partial charge in [-0.15, -0.1) is 0 Å². The van der Waals surface area contributed by atoms with E-state index in [4.69, 9.17) is 0 Å². The van der Waals surface area contributed by atoms with E-state index < -0.39 is 0 Å². The van der Waals surface area contributed by atoms with Gasteiger partial charge >= 0.3 is 0 Å². The average Bonchev–Trinajstić information content (AvgIpc) is 2.18. The summed E-state index contributed by atoms with van der Waals surface area (Å²) < 4.78 is 0. The predicted molar refractivity (Wildman–Crippen MR) is 52.6 cm³/mol. The Labute approximate surface area is 79.9 Å². The van der Waals surface area contributed by atoms with Crippen LogP contribution in [0.25, 0.3) is 0 Å². The molecule has 13 heavy (non-hydrogen) atoms. The first-order chi connectivity index (χ1) is 6.24. The Morgan fingerprint density at radius 2 is 2.08 bits per heavy atom. The van der Waals surface area contributed by atoms with Crippen molar-refractivity contribution >= 4 is 5.91 Å². The zero-order chi connectivity index (χ0) is 9.68. The molecule has 0 radical (unpaired) electrons. The Hall–Kier alpha value is -0.610. The number of carbonyl (C=O) groups is 1. The standard InChI is InChI=1S/C9H19N3O/c1-3-11(2)9(13)8-12-6-4-10-5-7-12/h10H,3-8H2,1-2H3. The van der Waals surface area contributed by atoms with Crippen molar-refractivity contribution < 1.29 is 4.79 Å². The highest BCUT2D eigenvalue weighted by Gasteiger charge is 2.14. The van der Waals surface area contributed by atoms with Crippen LogP contribution in [0.3, 0.4) is 0 Å². The molecule has 0 atom stereocenters. The van der Waals surface area contributed by atoms with Crippen LogP contribution in [0.4, 0.5) is 0 Å². The Morgan fingerprint density at radius 3 is 2.62 bits per heavy atom. The van der Waals surface area contributed by atoms with Gasteiger partial charge in [0.1, 0.15) is 0 Å². The van der Waals surface area contributed by atoms with E-state index in [9.17, 15) is 4.79 Å². The molecule has 1 amide bonds. The second-order valence-corrected chi connectivity index (χ2v) is 3.43. The molecule has 1 rings (SSSR count). The number of hydrogen-bond donors (Lipinski definition) is 1. The average molecular weight is 185 g/mol. The molecule has 1 fully saturated rings. The fourth-order valence-electron chi connectivity index (χ4n) is 1.36. The van der Waals surface area contributed by atoms with E-state index in [1.807, 2.05) is 14.0 Å². The van der Waals surface area contributed by atoms with Gasteiger partial charge in [0.25, 0.3) is 0 Å². The molecule has 0 aliphatic carbocycles. The molecule has 0 aromatic heterocycles. The summed E-state index contributed by atoms with van der Waals surface area (Å²) in [6, 6.07) is 0. The van der Waals surface area contributed by atoms with E-state index in [-0.39, 0.29) is 5.91 Å². The second kappa shape index (κ2) is 5.19. The molecule has 1 N–H and O–H groups in total. The van der Waals surface area contributed by atoms with E-state index >= 15 is 0 Å². The third kappa shape index (κ3) is 3.32. The molecular weight excluding hydrogens is 166 g/mol. The lowest BCUT2D eigenvalue weighted by molar-refractivity contribution is -0.131. The van der Waals surface area contributed by atoms with Crippen LogP contribution in [0.15, 0.2) is 0 Å². The van der Waals surface area contributed by atoms with Gasteiger partial charge in [0, 0.05) is 39.8 Å². The van der Waals surface area contributed by atoms with Crippen LogP contribution in [0, 0.1) is 0 Å². The normalized spacial score (nSPS) is 18.6. The summed E-state index contributed by atoms with van der Waals surface area (Å²) >= 11 is 0. The van der Waals surface area contributed by atoms with Crippen molar-refractivity contribution in [2.24, 2.45) is 0 Å². The van der Waals surface area contributed by atoms with E-state index in [1.165, 1.54) is 0 Å². The molecule has 0 saturated carbocycles. The number of rotatable bonds is 3. The fraction of sp³-hybridized carbons (Fsp3) is 0.889. The van der Waals surface area contributed by atoms with Crippen LogP contribution in [0.1, 0.15) is 6.92 Å². The van der Waals surface area contributed by atoms with Crippen LogP contribution in [-0.2, 0) is 4.79 Å². The van der Waals surface area contributed by atoms with Gasteiger partial charge < -0.3 is 10.2 Å². The Balaban J connectivity index is 2.26. The van der Waals surface area contributed by atoms with E-state index in [2.05, 4.69) is 10.2 Å². The molecule has 76 valence electrons. The third-order valence-electron chi connectivity index (χ3n) is 2.47. The maximum atomic E-state index is 11.5. The molecule has 0 aromatic rings. The van der Waals surface area contributed by atoms with Crippen LogP contribution in [0.2, 0.25) is 0 Å². The number of piperazine rings is 1. The van der Waals surface area contributed by atoms with E-state index in [1.54, 1.807) is 4.90 Å². The summed E-state index contributed by atoms with van der Waals surface area (Å²) in [7, 11) is 1.85. The number of amides is 1. The summed E-state index contributed by atoms with van der Waals surface area (Å²) in [5, 5.41) is 3.26. The number of carbonyl (C=O) groups excluding carboxylic acids is 1. The quantitative estimate of drug-likeness (QED) is 0.636. The Morgan fingerprint density at radius 1 is 1.46 bits per heavy atom. The molecule has 0 aromatic carbocycles. The summed E-state index contributed by atoms with van der Waals surface area (Å²) in [6.45, 7) is 7.35. The first-order valence-corrected chi connectivity index (χ1v) is 4.91. The number of nitrogens with zero attached hydrogens (tertiary/aromatic N) is 2.